The lowest BCUT2D eigenvalue weighted by Crippen LogP contribution is -2.39. The number of rotatable bonds is 6. The summed E-state index contributed by atoms with van der Waals surface area (Å²) in [6, 6.07) is 15.3. The highest BCUT2D eigenvalue weighted by molar-refractivity contribution is 5.96. The average Bonchev–Trinajstić information content (AvgIpc) is 3.16. The monoisotopic (exact) mass is 366 g/mol. The van der Waals surface area contributed by atoms with E-state index in [1.807, 2.05) is 61.2 Å². The van der Waals surface area contributed by atoms with Crippen LogP contribution in [0.1, 0.15) is 47.3 Å². The molecule has 142 valence electrons. The molecule has 1 aliphatic heterocycles. The molecule has 3 rings (SSSR count). The Balaban J connectivity index is 1.60. The van der Waals surface area contributed by atoms with Crippen molar-refractivity contribution in [2.75, 3.05) is 19.7 Å². The van der Waals surface area contributed by atoms with Gasteiger partial charge in [0.25, 0.3) is 5.91 Å². The number of hydrogen-bond acceptors (Lipinski definition) is 3. The van der Waals surface area contributed by atoms with Crippen LogP contribution in [0.4, 0.5) is 0 Å². The summed E-state index contributed by atoms with van der Waals surface area (Å²) >= 11 is 0. The third-order valence-corrected chi connectivity index (χ3v) is 4.83. The van der Waals surface area contributed by atoms with E-state index < -0.39 is 0 Å². The molecule has 1 heterocycles. The standard InChI is InChI=1S/C22H26N2O3/c1-3-27-19-11-9-17(10-12-19)20-8-5-13-24(20)21(25)15-23-22(26)18-7-4-6-16(2)14-18/h4,6-7,9-12,14,20H,3,5,8,13,15H2,1-2H3,(H,23,26)/t20-/m0/s1. The third-order valence-electron chi connectivity index (χ3n) is 4.83. The first-order valence-corrected chi connectivity index (χ1v) is 9.45. The van der Waals surface area contributed by atoms with Crippen LogP contribution in [-0.2, 0) is 4.79 Å². The molecule has 0 aromatic heterocycles. The number of nitrogens with zero attached hydrogens (tertiary/aromatic N) is 1. The number of aryl methyl sites for hydroxylation is 1. The van der Waals surface area contributed by atoms with E-state index in [9.17, 15) is 9.59 Å². The summed E-state index contributed by atoms with van der Waals surface area (Å²) in [6.45, 7) is 5.26. The van der Waals surface area contributed by atoms with Gasteiger partial charge in [0.2, 0.25) is 5.91 Å². The molecule has 1 N–H and O–H groups in total. The fourth-order valence-corrected chi connectivity index (χ4v) is 3.51. The van der Waals surface area contributed by atoms with E-state index >= 15 is 0 Å². The second-order valence-electron chi connectivity index (χ2n) is 6.80. The lowest BCUT2D eigenvalue weighted by atomic mass is 10.0. The van der Waals surface area contributed by atoms with Crippen molar-refractivity contribution < 1.29 is 14.3 Å². The van der Waals surface area contributed by atoms with E-state index in [1.54, 1.807) is 6.07 Å². The van der Waals surface area contributed by atoms with Crippen LogP contribution >= 0.6 is 0 Å². The van der Waals surface area contributed by atoms with Gasteiger partial charge in [-0.1, -0.05) is 29.8 Å². The molecule has 1 saturated heterocycles. The zero-order valence-corrected chi connectivity index (χ0v) is 15.9. The molecule has 0 radical (unpaired) electrons. The van der Waals surface area contributed by atoms with Crippen molar-refractivity contribution in [1.82, 2.24) is 10.2 Å². The summed E-state index contributed by atoms with van der Waals surface area (Å²) in [4.78, 5) is 26.8. The topological polar surface area (TPSA) is 58.6 Å². The number of nitrogens with one attached hydrogen (secondary N) is 1. The maximum absolute atomic E-state index is 12.7. The van der Waals surface area contributed by atoms with Crippen molar-refractivity contribution in [2.24, 2.45) is 0 Å². The average molecular weight is 366 g/mol. The van der Waals surface area contributed by atoms with Crippen LogP contribution in [0.3, 0.4) is 0 Å². The Bertz CT molecular complexity index is 801. The molecule has 2 amide bonds. The molecule has 1 fully saturated rings. The smallest absolute Gasteiger partial charge is 0.251 e. The van der Waals surface area contributed by atoms with E-state index in [4.69, 9.17) is 4.74 Å². The SMILES string of the molecule is CCOc1ccc([C@@H]2CCCN2C(=O)CNC(=O)c2cccc(C)c2)cc1. The Morgan fingerprint density at radius 1 is 1.19 bits per heavy atom. The molecule has 2 aromatic rings. The number of carbonyl (C=O) groups excluding carboxylic acids is 2. The zero-order valence-electron chi connectivity index (χ0n) is 15.9. The van der Waals surface area contributed by atoms with Gasteiger partial charge in [-0.05, 0) is 56.5 Å². The van der Waals surface area contributed by atoms with Crippen LogP contribution in [0.2, 0.25) is 0 Å². The minimum atomic E-state index is -0.219. The molecule has 0 bridgehead atoms. The predicted octanol–water partition coefficient (Wildman–Crippen LogP) is 3.49. The van der Waals surface area contributed by atoms with Crippen molar-refractivity contribution in [3.63, 3.8) is 0 Å². The van der Waals surface area contributed by atoms with Crippen LogP contribution in [0.15, 0.2) is 48.5 Å². The minimum absolute atomic E-state index is 0.0142. The summed E-state index contributed by atoms with van der Waals surface area (Å²) in [5, 5.41) is 2.75. The first-order chi connectivity index (χ1) is 13.1. The van der Waals surface area contributed by atoms with Gasteiger partial charge in [0.1, 0.15) is 5.75 Å². The number of amides is 2. The third kappa shape index (κ3) is 4.67. The summed E-state index contributed by atoms with van der Waals surface area (Å²) in [5.74, 6) is 0.568. The number of hydrogen-bond donors (Lipinski definition) is 1. The predicted molar refractivity (Wildman–Crippen MR) is 105 cm³/mol. The Hall–Kier alpha value is -2.82. The van der Waals surface area contributed by atoms with E-state index in [0.717, 1.165) is 36.3 Å². The number of likely N-dealkylation sites (tertiary alicyclic amines) is 1. The second kappa shape index (κ2) is 8.71. The van der Waals surface area contributed by atoms with Crippen molar-refractivity contribution in [3.8, 4) is 5.75 Å². The van der Waals surface area contributed by atoms with Gasteiger partial charge in [-0.2, -0.15) is 0 Å². The quantitative estimate of drug-likeness (QED) is 0.851. The highest BCUT2D eigenvalue weighted by Crippen LogP contribution is 2.32. The Labute approximate surface area is 160 Å². The van der Waals surface area contributed by atoms with Gasteiger partial charge in [-0.25, -0.2) is 0 Å². The first kappa shape index (κ1) is 19.0. The maximum atomic E-state index is 12.7. The highest BCUT2D eigenvalue weighted by Gasteiger charge is 2.29. The molecule has 2 aromatic carbocycles. The lowest BCUT2D eigenvalue weighted by Gasteiger charge is -2.25. The van der Waals surface area contributed by atoms with Gasteiger partial charge in [-0.15, -0.1) is 0 Å². The number of carbonyl (C=O) groups is 2. The minimum Gasteiger partial charge on any atom is -0.494 e. The molecular weight excluding hydrogens is 340 g/mol. The Morgan fingerprint density at radius 3 is 2.67 bits per heavy atom. The summed E-state index contributed by atoms with van der Waals surface area (Å²) in [5.41, 5.74) is 2.70. The van der Waals surface area contributed by atoms with E-state index in [1.165, 1.54) is 0 Å². The summed E-state index contributed by atoms with van der Waals surface area (Å²) in [7, 11) is 0. The number of ether oxygens (including phenoxy) is 1. The van der Waals surface area contributed by atoms with Crippen molar-refractivity contribution in [2.45, 2.75) is 32.7 Å². The largest absolute Gasteiger partial charge is 0.494 e. The zero-order chi connectivity index (χ0) is 19.2. The van der Waals surface area contributed by atoms with E-state index in [-0.39, 0.29) is 24.4 Å². The molecule has 1 atom stereocenters. The lowest BCUT2D eigenvalue weighted by molar-refractivity contribution is -0.131. The molecule has 5 nitrogen and oxygen atoms in total. The fraction of sp³-hybridized carbons (Fsp3) is 0.364. The molecule has 0 saturated carbocycles. The van der Waals surface area contributed by atoms with E-state index in [2.05, 4.69) is 5.32 Å². The summed E-state index contributed by atoms with van der Waals surface area (Å²) < 4.78 is 5.49. The molecule has 1 aliphatic rings. The van der Waals surface area contributed by atoms with Crippen LogP contribution in [0, 0.1) is 6.92 Å². The van der Waals surface area contributed by atoms with Gasteiger partial charge in [0, 0.05) is 12.1 Å². The normalized spacial score (nSPS) is 16.2. The van der Waals surface area contributed by atoms with E-state index in [0.29, 0.717) is 12.2 Å². The van der Waals surface area contributed by atoms with Crippen molar-refractivity contribution >= 4 is 11.8 Å². The van der Waals surface area contributed by atoms with Crippen molar-refractivity contribution in [3.05, 3.63) is 65.2 Å². The Kier molecular flexibility index (Phi) is 6.12. The van der Waals surface area contributed by atoms with Gasteiger partial charge >= 0.3 is 0 Å². The van der Waals surface area contributed by atoms with Crippen LogP contribution in [0.5, 0.6) is 5.75 Å². The van der Waals surface area contributed by atoms with Crippen LogP contribution in [0.25, 0.3) is 0 Å². The first-order valence-electron chi connectivity index (χ1n) is 9.45. The highest BCUT2D eigenvalue weighted by atomic mass is 16.5. The summed E-state index contributed by atoms with van der Waals surface area (Å²) in [6.07, 6.45) is 1.90. The van der Waals surface area contributed by atoms with Gasteiger partial charge in [0.15, 0.2) is 0 Å². The van der Waals surface area contributed by atoms with Crippen LogP contribution < -0.4 is 10.1 Å². The molecule has 27 heavy (non-hydrogen) atoms. The second-order valence-corrected chi connectivity index (χ2v) is 6.80. The fourth-order valence-electron chi connectivity index (χ4n) is 3.51. The van der Waals surface area contributed by atoms with Crippen LogP contribution in [-0.4, -0.2) is 36.4 Å². The van der Waals surface area contributed by atoms with Gasteiger partial charge in [0.05, 0.1) is 19.2 Å². The molecule has 0 spiro atoms. The van der Waals surface area contributed by atoms with Gasteiger partial charge < -0.3 is 15.0 Å². The van der Waals surface area contributed by atoms with Gasteiger partial charge in [-0.3, -0.25) is 9.59 Å². The molecular formula is C22H26N2O3. The maximum Gasteiger partial charge on any atom is 0.251 e. The molecule has 0 unspecified atom stereocenters. The Morgan fingerprint density at radius 2 is 1.96 bits per heavy atom. The van der Waals surface area contributed by atoms with Crippen molar-refractivity contribution in [1.29, 1.82) is 0 Å². The number of benzene rings is 2. The molecule has 5 heteroatoms. The molecule has 0 aliphatic carbocycles.